The Bertz CT molecular complexity index is 967. The second-order valence-corrected chi connectivity index (χ2v) is 7.50. The topological polar surface area (TPSA) is 88.2 Å². The van der Waals surface area contributed by atoms with E-state index in [1.165, 1.54) is 6.20 Å². The van der Waals surface area contributed by atoms with Crippen molar-refractivity contribution >= 4 is 51.5 Å². The summed E-state index contributed by atoms with van der Waals surface area (Å²) in [7, 11) is 0. The number of nitrogens with one attached hydrogen (secondary N) is 1. The number of nitrogens with zero attached hydrogens (tertiary/aromatic N) is 2. The van der Waals surface area contributed by atoms with Crippen molar-refractivity contribution in [3.63, 3.8) is 0 Å². The van der Waals surface area contributed by atoms with Crippen molar-refractivity contribution < 1.29 is 14.3 Å². The first-order chi connectivity index (χ1) is 12.0. The number of halogens is 2. The number of aromatic nitrogens is 2. The highest BCUT2D eigenvalue weighted by Crippen LogP contribution is 2.42. The van der Waals surface area contributed by atoms with Crippen molar-refractivity contribution in [2.75, 3.05) is 0 Å². The van der Waals surface area contributed by atoms with Crippen LogP contribution in [0.5, 0.6) is 0 Å². The molecule has 1 amide bonds. The molecule has 128 valence electrons. The first-order valence-electron chi connectivity index (χ1n) is 7.71. The van der Waals surface area contributed by atoms with E-state index in [4.69, 9.17) is 21.1 Å². The van der Waals surface area contributed by atoms with Crippen LogP contribution in [-0.2, 0) is 5.54 Å². The molecular formula is C17H13ClIN3O3. The minimum absolute atomic E-state index is 0.319. The van der Waals surface area contributed by atoms with Crippen molar-refractivity contribution in [1.82, 2.24) is 15.3 Å². The zero-order valence-electron chi connectivity index (χ0n) is 12.9. The van der Waals surface area contributed by atoms with Crippen LogP contribution < -0.4 is 5.32 Å². The Hall–Kier alpha value is -1.87. The second-order valence-electron chi connectivity index (χ2n) is 6.03. The summed E-state index contributed by atoms with van der Waals surface area (Å²) < 4.78 is 6.67. The molecule has 2 aromatic heterocycles. The lowest BCUT2D eigenvalue weighted by Crippen LogP contribution is -2.50. The van der Waals surface area contributed by atoms with Crippen molar-refractivity contribution in [1.29, 1.82) is 0 Å². The summed E-state index contributed by atoms with van der Waals surface area (Å²) in [6.07, 6.45) is 3.10. The fraction of sp³-hybridized carbons (Fsp3) is 0.235. The summed E-state index contributed by atoms with van der Waals surface area (Å²) in [5.41, 5.74) is 2.46. The van der Waals surface area contributed by atoms with E-state index in [1.54, 1.807) is 0 Å². The van der Waals surface area contributed by atoms with Crippen LogP contribution in [0.25, 0.3) is 22.6 Å². The third-order valence-electron chi connectivity index (χ3n) is 4.57. The van der Waals surface area contributed by atoms with E-state index in [0.29, 0.717) is 22.1 Å². The lowest BCUT2D eigenvalue weighted by atomic mass is 9.72. The van der Waals surface area contributed by atoms with Crippen LogP contribution in [0, 0.1) is 3.57 Å². The molecule has 4 rings (SSSR count). The minimum atomic E-state index is -0.996. The van der Waals surface area contributed by atoms with Crippen molar-refractivity contribution in [3.05, 3.63) is 44.7 Å². The molecule has 0 saturated heterocycles. The Kier molecular flexibility index (Phi) is 4.07. The molecule has 8 heteroatoms. The Morgan fingerprint density at radius 3 is 2.64 bits per heavy atom. The molecular weight excluding hydrogens is 457 g/mol. The molecule has 2 heterocycles. The molecule has 1 aromatic carbocycles. The highest BCUT2D eigenvalue weighted by Gasteiger charge is 2.40. The molecule has 6 nitrogen and oxygen atoms in total. The third-order valence-corrected chi connectivity index (χ3v) is 5.75. The molecule has 0 bridgehead atoms. The van der Waals surface area contributed by atoms with Crippen LogP contribution in [0.3, 0.4) is 0 Å². The van der Waals surface area contributed by atoms with E-state index in [9.17, 15) is 4.79 Å². The lowest BCUT2D eigenvalue weighted by Gasteiger charge is -2.42. The first kappa shape index (κ1) is 16.6. The number of rotatable bonds is 3. The SMILES string of the molecule is O=C(O)NC1(c2ccc(-c3oc4ncc(Cl)nc4c3I)cc2)CCC1. The van der Waals surface area contributed by atoms with Crippen LogP contribution in [0.1, 0.15) is 24.8 Å². The van der Waals surface area contributed by atoms with Gasteiger partial charge in [-0.3, -0.25) is 0 Å². The maximum atomic E-state index is 11.1. The number of carbonyl (C=O) groups is 1. The van der Waals surface area contributed by atoms with Gasteiger partial charge in [0, 0.05) is 5.56 Å². The van der Waals surface area contributed by atoms with Crippen LogP contribution in [0.2, 0.25) is 5.15 Å². The fourth-order valence-corrected chi connectivity index (χ4v) is 4.08. The smallest absolute Gasteiger partial charge is 0.405 e. The lowest BCUT2D eigenvalue weighted by molar-refractivity contribution is 0.144. The highest BCUT2D eigenvalue weighted by atomic mass is 127. The molecule has 0 atom stereocenters. The van der Waals surface area contributed by atoms with Gasteiger partial charge in [0.05, 0.1) is 15.3 Å². The maximum absolute atomic E-state index is 11.1. The summed E-state index contributed by atoms with van der Waals surface area (Å²) in [6, 6.07) is 7.75. The zero-order valence-corrected chi connectivity index (χ0v) is 15.8. The Balaban J connectivity index is 1.71. The van der Waals surface area contributed by atoms with Gasteiger partial charge in [-0.25, -0.2) is 14.8 Å². The van der Waals surface area contributed by atoms with Gasteiger partial charge in [0.15, 0.2) is 5.76 Å². The molecule has 0 unspecified atom stereocenters. The predicted octanol–water partition coefficient (Wildman–Crippen LogP) is 4.79. The van der Waals surface area contributed by atoms with E-state index in [2.05, 4.69) is 37.9 Å². The van der Waals surface area contributed by atoms with Crippen molar-refractivity contribution in [2.24, 2.45) is 0 Å². The van der Waals surface area contributed by atoms with Gasteiger partial charge in [-0.1, -0.05) is 35.9 Å². The Labute approximate surface area is 161 Å². The zero-order chi connectivity index (χ0) is 17.6. The molecule has 1 aliphatic rings. The summed E-state index contributed by atoms with van der Waals surface area (Å²) >= 11 is 8.08. The Morgan fingerprint density at radius 2 is 2.04 bits per heavy atom. The summed E-state index contributed by atoms with van der Waals surface area (Å²) in [4.78, 5) is 19.5. The largest absolute Gasteiger partial charge is 0.465 e. The van der Waals surface area contributed by atoms with Gasteiger partial charge in [-0.15, -0.1) is 0 Å². The van der Waals surface area contributed by atoms with Gasteiger partial charge in [0.2, 0.25) is 5.71 Å². The average Bonchev–Trinajstić information content (AvgIpc) is 2.88. The fourth-order valence-electron chi connectivity index (χ4n) is 3.17. The normalized spacial score (nSPS) is 15.8. The van der Waals surface area contributed by atoms with E-state index in [-0.39, 0.29) is 0 Å². The summed E-state index contributed by atoms with van der Waals surface area (Å²) in [6.45, 7) is 0. The predicted molar refractivity (Wildman–Crippen MR) is 102 cm³/mol. The standard InChI is InChI=1S/C17H13ClIN3O3/c18-11-8-20-15-13(21-11)12(19)14(25-15)9-2-4-10(5-3-9)17(6-1-7-17)22-16(23)24/h2-5,8,22H,1,6-7H2,(H,23,24). The quantitative estimate of drug-likeness (QED) is 0.538. The molecule has 1 aliphatic carbocycles. The van der Waals surface area contributed by atoms with Gasteiger partial charge in [0.1, 0.15) is 10.7 Å². The Morgan fingerprint density at radius 1 is 1.32 bits per heavy atom. The summed E-state index contributed by atoms with van der Waals surface area (Å²) in [5.74, 6) is 0.679. The number of hydrogen-bond acceptors (Lipinski definition) is 4. The van der Waals surface area contributed by atoms with Gasteiger partial charge in [0.25, 0.3) is 0 Å². The van der Waals surface area contributed by atoms with Crippen molar-refractivity contribution in [2.45, 2.75) is 24.8 Å². The summed E-state index contributed by atoms with van der Waals surface area (Å²) in [5, 5.41) is 12.1. The third kappa shape index (κ3) is 2.85. The van der Waals surface area contributed by atoms with Crippen LogP contribution >= 0.6 is 34.2 Å². The van der Waals surface area contributed by atoms with Gasteiger partial charge in [-0.05, 0) is 47.4 Å². The minimum Gasteiger partial charge on any atom is -0.465 e. The van der Waals surface area contributed by atoms with E-state index in [0.717, 1.165) is 34.0 Å². The van der Waals surface area contributed by atoms with Gasteiger partial charge < -0.3 is 14.8 Å². The number of furan rings is 1. The molecule has 3 aromatic rings. The molecule has 1 fully saturated rings. The van der Waals surface area contributed by atoms with E-state index >= 15 is 0 Å². The molecule has 0 radical (unpaired) electrons. The van der Waals surface area contributed by atoms with Gasteiger partial charge >= 0.3 is 6.09 Å². The van der Waals surface area contributed by atoms with Crippen LogP contribution in [0.4, 0.5) is 4.79 Å². The first-order valence-corrected chi connectivity index (χ1v) is 9.17. The number of hydrogen-bond donors (Lipinski definition) is 2. The molecule has 0 spiro atoms. The number of fused-ring (bicyclic) bond motifs is 1. The van der Waals surface area contributed by atoms with Crippen LogP contribution in [0.15, 0.2) is 34.9 Å². The number of carboxylic acid groups (broad SMARTS) is 1. The molecule has 0 aliphatic heterocycles. The second kappa shape index (κ2) is 6.14. The maximum Gasteiger partial charge on any atom is 0.405 e. The van der Waals surface area contributed by atoms with Crippen LogP contribution in [-0.4, -0.2) is 21.2 Å². The van der Waals surface area contributed by atoms with Gasteiger partial charge in [-0.2, -0.15) is 0 Å². The number of amides is 1. The van der Waals surface area contributed by atoms with Crippen molar-refractivity contribution in [3.8, 4) is 11.3 Å². The van der Waals surface area contributed by atoms with E-state index < -0.39 is 11.6 Å². The highest BCUT2D eigenvalue weighted by molar-refractivity contribution is 14.1. The monoisotopic (exact) mass is 469 g/mol. The molecule has 25 heavy (non-hydrogen) atoms. The average molecular weight is 470 g/mol. The molecule has 2 N–H and O–H groups in total. The molecule has 1 saturated carbocycles. The number of benzene rings is 1. The van der Waals surface area contributed by atoms with E-state index in [1.807, 2.05) is 24.3 Å².